The van der Waals surface area contributed by atoms with Crippen LogP contribution >= 0.6 is 0 Å². The van der Waals surface area contributed by atoms with Crippen LogP contribution in [0.4, 0.5) is 34.1 Å². The van der Waals surface area contributed by atoms with Crippen molar-refractivity contribution in [3.63, 3.8) is 0 Å². The van der Waals surface area contributed by atoms with Crippen molar-refractivity contribution in [3.8, 4) is 11.1 Å². The first-order chi connectivity index (χ1) is 29.4. The van der Waals surface area contributed by atoms with Gasteiger partial charge < -0.3 is 14.2 Å². The molecule has 10 rings (SSSR count). The molecule has 0 radical (unpaired) electrons. The SMILES string of the molecule is Cc1cc2c3c(c1)N(c1ccc(C(C)(C)C)cc1-c1ccccc1)c1c(ccc4c1C(C)(C)CCC4(C)C)B3c1oc3c(c1N2c1ccc(C(C)(C)C)cc1)C(C)(C)CCC3(C)C. The Kier molecular flexibility index (Phi) is 9.03. The van der Waals surface area contributed by atoms with E-state index < -0.39 is 0 Å². The Bertz CT molecular complexity index is 2820. The first kappa shape index (κ1) is 42.0. The number of hydrogen-bond donors (Lipinski definition) is 0. The van der Waals surface area contributed by atoms with Crippen molar-refractivity contribution in [1.29, 1.82) is 0 Å². The van der Waals surface area contributed by atoms with Gasteiger partial charge in [-0.15, -0.1) is 0 Å². The van der Waals surface area contributed by atoms with Gasteiger partial charge in [0.05, 0.1) is 17.0 Å². The molecule has 5 aromatic carbocycles. The molecule has 2 aliphatic carbocycles. The monoisotopic (exact) mass is 833 g/mol. The second-order valence-corrected chi connectivity index (χ2v) is 24.4. The van der Waals surface area contributed by atoms with Gasteiger partial charge in [0.2, 0.25) is 0 Å². The van der Waals surface area contributed by atoms with Crippen LogP contribution in [0.5, 0.6) is 0 Å². The van der Waals surface area contributed by atoms with Crippen LogP contribution in [0.25, 0.3) is 11.1 Å². The lowest BCUT2D eigenvalue weighted by atomic mass is 9.34. The Labute approximate surface area is 379 Å². The Hall–Kier alpha value is -4.96. The quantitative estimate of drug-likeness (QED) is 0.165. The molecule has 4 aliphatic rings. The van der Waals surface area contributed by atoms with Crippen molar-refractivity contribution in [2.45, 2.75) is 162 Å². The first-order valence-corrected chi connectivity index (χ1v) is 23.8. The maximum Gasteiger partial charge on any atom is 0.297 e. The molecule has 0 atom stereocenters. The number of anilines is 6. The molecule has 4 heteroatoms. The van der Waals surface area contributed by atoms with E-state index in [2.05, 4.69) is 211 Å². The molecule has 0 N–H and O–H groups in total. The normalized spacial score (nSPS) is 18.9. The second kappa shape index (κ2) is 13.5. The summed E-state index contributed by atoms with van der Waals surface area (Å²) in [7, 11) is 0. The summed E-state index contributed by atoms with van der Waals surface area (Å²) in [6, 6.07) is 37.9. The van der Waals surface area contributed by atoms with Crippen LogP contribution in [-0.4, -0.2) is 6.71 Å². The van der Waals surface area contributed by atoms with E-state index >= 15 is 0 Å². The maximum absolute atomic E-state index is 7.71. The van der Waals surface area contributed by atoms with Gasteiger partial charge in [0.1, 0.15) is 5.76 Å². The minimum atomic E-state index is -0.0975. The van der Waals surface area contributed by atoms with Gasteiger partial charge in [-0.05, 0) is 140 Å². The molecule has 3 heterocycles. The molecule has 1 aromatic heterocycles. The van der Waals surface area contributed by atoms with Crippen molar-refractivity contribution in [2.24, 2.45) is 0 Å². The van der Waals surface area contributed by atoms with Gasteiger partial charge in [0.25, 0.3) is 6.71 Å². The van der Waals surface area contributed by atoms with Gasteiger partial charge in [-0.3, -0.25) is 0 Å². The van der Waals surface area contributed by atoms with Gasteiger partial charge >= 0.3 is 0 Å². The lowest BCUT2D eigenvalue weighted by Gasteiger charge is -2.49. The van der Waals surface area contributed by atoms with Crippen LogP contribution < -0.4 is 26.4 Å². The zero-order valence-corrected chi connectivity index (χ0v) is 40.9. The highest BCUT2D eigenvalue weighted by Crippen LogP contribution is 2.57. The maximum atomic E-state index is 7.71. The van der Waals surface area contributed by atoms with E-state index in [9.17, 15) is 0 Å². The van der Waals surface area contributed by atoms with E-state index in [-0.39, 0.29) is 39.2 Å². The highest BCUT2D eigenvalue weighted by atomic mass is 16.3. The molecule has 324 valence electrons. The summed E-state index contributed by atoms with van der Waals surface area (Å²) < 4.78 is 7.71. The summed E-state index contributed by atoms with van der Waals surface area (Å²) in [4.78, 5) is 5.34. The van der Waals surface area contributed by atoms with Crippen molar-refractivity contribution in [2.75, 3.05) is 9.80 Å². The van der Waals surface area contributed by atoms with Crippen LogP contribution in [0.1, 0.15) is 162 Å². The predicted octanol–water partition coefficient (Wildman–Crippen LogP) is 14.6. The summed E-state index contributed by atoms with van der Waals surface area (Å²) in [6.07, 6.45) is 4.49. The fraction of sp³-hybridized carbons (Fsp3) is 0.424. The Morgan fingerprint density at radius 3 is 1.75 bits per heavy atom. The Morgan fingerprint density at radius 1 is 0.540 bits per heavy atom. The van der Waals surface area contributed by atoms with Crippen LogP contribution in [0.3, 0.4) is 0 Å². The standard InChI is InChI=1S/C59H69BN2O/c1-36-33-45-49-46(34-36)62(44-28-23-39(55(5,6)7)35-41(44)37-19-17-16-18-20-37)50-43(27-26-42-47(50)57(10,11)30-29-56(42,8)9)60(49)53-51(48-52(63-53)59(14,15)32-31-58(48,12)13)61(45)40-24-21-38(22-25-40)54(2,3)4/h16-28,33-35H,29-32H2,1-15H3. The van der Waals surface area contributed by atoms with E-state index in [1.165, 1.54) is 95.3 Å². The summed E-state index contributed by atoms with van der Waals surface area (Å²) in [5.74, 6) is 1.17. The van der Waals surface area contributed by atoms with E-state index in [1.54, 1.807) is 0 Å². The third-order valence-corrected chi connectivity index (χ3v) is 15.8. The van der Waals surface area contributed by atoms with Crippen molar-refractivity contribution in [3.05, 3.63) is 136 Å². The molecular weight excluding hydrogens is 763 g/mol. The molecule has 0 amide bonds. The molecule has 0 bridgehead atoms. The molecule has 0 unspecified atom stereocenters. The minimum Gasteiger partial charge on any atom is -0.472 e. The molecule has 0 fully saturated rings. The molecule has 6 aromatic rings. The third-order valence-electron chi connectivity index (χ3n) is 15.8. The fourth-order valence-electron chi connectivity index (χ4n) is 11.8. The summed E-state index contributed by atoms with van der Waals surface area (Å²) in [6.45, 7) is 35.8. The van der Waals surface area contributed by atoms with Crippen molar-refractivity contribution < 1.29 is 4.42 Å². The van der Waals surface area contributed by atoms with Crippen LogP contribution in [-0.2, 0) is 32.5 Å². The van der Waals surface area contributed by atoms with E-state index in [0.29, 0.717) is 0 Å². The summed E-state index contributed by atoms with van der Waals surface area (Å²) in [5.41, 5.74) is 21.9. The highest BCUT2D eigenvalue weighted by molar-refractivity contribution is 6.99. The molecule has 0 spiro atoms. The average molecular weight is 833 g/mol. The number of nitrogens with zero attached hydrogens (tertiary/aromatic N) is 2. The van der Waals surface area contributed by atoms with Crippen molar-refractivity contribution >= 4 is 57.4 Å². The van der Waals surface area contributed by atoms with Crippen LogP contribution in [0.15, 0.2) is 101 Å². The smallest absolute Gasteiger partial charge is 0.297 e. The van der Waals surface area contributed by atoms with Crippen molar-refractivity contribution in [1.82, 2.24) is 0 Å². The van der Waals surface area contributed by atoms with E-state index in [4.69, 9.17) is 4.42 Å². The largest absolute Gasteiger partial charge is 0.472 e. The number of rotatable bonds is 3. The number of aryl methyl sites for hydroxylation is 1. The number of fused-ring (bicyclic) bond motifs is 8. The predicted molar refractivity (Wildman–Crippen MR) is 271 cm³/mol. The molecule has 2 aliphatic heterocycles. The number of furan rings is 1. The average Bonchev–Trinajstić information content (AvgIpc) is 3.63. The summed E-state index contributed by atoms with van der Waals surface area (Å²) >= 11 is 0. The summed E-state index contributed by atoms with van der Waals surface area (Å²) in [5, 5.41) is 0. The molecule has 0 saturated heterocycles. The van der Waals surface area contributed by atoms with Gasteiger partial charge in [-0.2, -0.15) is 0 Å². The molecule has 0 saturated carbocycles. The van der Waals surface area contributed by atoms with E-state index in [0.717, 1.165) is 31.3 Å². The molecule has 3 nitrogen and oxygen atoms in total. The lowest BCUT2D eigenvalue weighted by molar-refractivity contribution is 0.282. The van der Waals surface area contributed by atoms with Gasteiger partial charge in [0.15, 0.2) is 0 Å². The Morgan fingerprint density at radius 2 is 1.11 bits per heavy atom. The van der Waals surface area contributed by atoms with Crippen LogP contribution in [0.2, 0.25) is 0 Å². The molecule has 63 heavy (non-hydrogen) atoms. The zero-order valence-electron chi connectivity index (χ0n) is 40.9. The topological polar surface area (TPSA) is 19.6 Å². The van der Waals surface area contributed by atoms with E-state index in [1.807, 2.05) is 0 Å². The van der Waals surface area contributed by atoms with Gasteiger partial charge in [-0.25, -0.2) is 0 Å². The number of benzene rings is 5. The fourth-order valence-corrected chi connectivity index (χ4v) is 11.8. The van der Waals surface area contributed by atoms with Gasteiger partial charge in [-0.1, -0.05) is 158 Å². The minimum absolute atomic E-state index is 0.0139. The van der Waals surface area contributed by atoms with Crippen LogP contribution in [0, 0.1) is 6.92 Å². The lowest BCUT2D eigenvalue weighted by Crippen LogP contribution is -2.62. The Balaban J connectivity index is 1.38. The molecular formula is C59H69BN2O. The number of hydrogen-bond acceptors (Lipinski definition) is 3. The zero-order chi connectivity index (χ0) is 45.0. The highest BCUT2D eigenvalue weighted by Gasteiger charge is 2.54. The first-order valence-electron chi connectivity index (χ1n) is 23.8. The second-order valence-electron chi connectivity index (χ2n) is 24.4. The third kappa shape index (κ3) is 6.35. The van der Waals surface area contributed by atoms with Gasteiger partial charge in [0, 0.05) is 39.3 Å².